The minimum absolute atomic E-state index is 0. The van der Waals surface area contributed by atoms with E-state index in [9.17, 15) is 8.42 Å². The Kier molecular flexibility index (Phi) is 5.97. The van der Waals surface area contributed by atoms with Crippen LogP contribution in [0.1, 0.15) is 12.6 Å². The van der Waals surface area contributed by atoms with Gasteiger partial charge in [-0.05, 0) is 23.3 Å². The molecule has 0 aliphatic heterocycles. The van der Waals surface area contributed by atoms with Gasteiger partial charge < -0.3 is 11.6 Å². The maximum atomic E-state index is 10.8. The van der Waals surface area contributed by atoms with Crippen LogP contribution >= 0.6 is 0 Å². The van der Waals surface area contributed by atoms with Gasteiger partial charge in [-0.3, -0.25) is 4.55 Å². The summed E-state index contributed by atoms with van der Waals surface area (Å²) in [5.41, 5.74) is 0.647. The van der Waals surface area contributed by atoms with Gasteiger partial charge in [-0.1, -0.05) is 6.07 Å². The Bertz CT molecular complexity index is 412. The summed E-state index contributed by atoms with van der Waals surface area (Å²) in [6, 6.07) is 3.75. The number of aliphatic hydroxyl groups is 2. The normalized spacial score (nSPS) is 10.9. The molecule has 0 aliphatic rings. The third-order valence-corrected chi connectivity index (χ3v) is 2.52. The van der Waals surface area contributed by atoms with Crippen LogP contribution in [0.25, 0.3) is 0 Å². The molecule has 0 atom stereocenters. The van der Waals surface area contributed by atoms with E-state index in [0.717, 1.165) is 12.1 Å². The summed E-state index contributed by atoms with van der Waals surface area (Å²) in [4.78, 5) is -0.326. The van der Waals surface area contributed by atoms with Crippen molar-refractivity contribution in [1.29, 1.82) is 0 Å². The summed E-state index contributed by atoms with van der Waals surface area (Å²) in [5.74, 6) is 0. The van der Waals surface area contributed by atoms with Gasteiger partial charge in [0.15, 0.2) is 0 Å². The molecule has 5 nitrogen and oxygen atoms in total. The average Bonchev–Trinajstić information content (AvgIpc) is 2.15. The third kappa shape index (κ3) is 4.20. The standard InChI is InChI=1S/C8H10O5S.Na.H/c9-4-6-1-7(5-10)3-8(2-6)14(11,12)13;;/h1-3,9-10H,4-5H2,(H,11,12,13);;/q;+1;-1. The van der Waals surface area contributed by atoms with Gasteiger partial charge >= 0.3 is 29.6 Å². The number of hydrogen-bond donors (Lipinski definition) is 3. The molecule has 0 amide bonds. The Morgan fingerprint density at radius 1 is 1.07 bits per heavy atom. The van der Waals surface area contributed by atoms with E-state index in [1.807, 2.05) is 0 Å². The van der Waals surface area contributed by atoms with Gasteiger partial charge in [0, 0.05) is 0 Å². The van der Waals surface area contributed by atoms with Gasteiger partial charge in [-0.25, -0.2) is 0 Å². The minimum Gasteiger partial charge on any atom is -1.00 e. The predicted octanol–water partition coefficient (Wildman–Crippen LogP) is -2.97. The topological polar surface area (TPSA) is 94.8 Å². The molecule has 0 aromatic heterocycles. The van der Waals surface area contributed by atoms with Gasteiger partial charge in [0.1, 0.15) is 0 Å². The number of aliphatic hydroxyl groups excluding tert-OH is 2. The summed E-state index contributed by atoms with van der Waals surface area (Å²) in [6.45, 7) is -0.702. The van der Waals surface area contributed by atoms with E-state index in [2.05, 4.69) is 0 Å². The maximum absolute atomic E-state index is 10.8. The molecule has 0 unspecified atom stereocenters. The molecular weight excluding hydrogens is 231 g/mol. The van der Waals surface area contributed by atoms with E-state index >= 15 is 0 Å². The summed E-state index contributed by atoms with van der Waals surface area (Å²) in [6.07, 6.45) is 0. The van der Waals surface area contributed by atoms with Crippen LogP contribution in [0.4, 0.5) is 0 Å². The van der Waals surface area contributed by atoms with Gasteiger partial charge in [0.2, 0.25) is 0 Å². The maximum Gasteiger partial charge on any atom is 1.00 e. The molecular formula is C8H11NaO5S. The molecule has 0 bridgehead atoms. The zero-order valence-electron chi connectivity index (χ0n) is 9.21. The third-order valence-electron chi connectivity index (χ3n) is 1.69. The predicted molar refractivity (Wildman–Crippen MR) is 49.2 cm³/mol. The van der Waals surface area contributed by atoms with Crippen LogP contribution in [0.3, 0.4) is 0 Å². The van der Waals surface area contributed by atoms with E-state index < -0.39 is 10.1 Å². The number of benzene rings is 1. The van der Waals surface area contributed by atoms with Crippen LogP contribution in [0.2, 0.25) is 0 Å². The molecule has 1 aromatic carbocycles. The summed E-state index contributed by atoms with van der Waals surface area (Å²) in [5, 5.41) is 17.6. The molecule has 0 saturated heterocycles. The molecule has 0 radical (unpaired) electrons. The minimum atomic E-state index is -4.29. The van der Waals surface area contributed by atoms with E-state index in [1.165, 1.54) is 6.07 Å². The molecule has 0 heterocycles. The summed E-state index contributed by atoms with van der Waals surface area (Å²) in [7, 11) is -4.29. The van der Waals surface area contributed by atoms with Gasteiger partial charge in [0.25, 0.3) is 10.1 Å². The first-order valence-corrected chi connectivity index (χ1v) is 5.23. The van der Waals surface area contributed by atoms with Crippen molar-refractivity contribution in [2.45, 2.75) is 18.1 Å². The summed E-state index contributed by atoms with van der Waals surface area (Å²) < 4.78 is 30.3. The Morgan fingerprint density at radius 2 is 1.47 bits per heavy atom. The second-order valence-electron chi connectivity index (χ2n) is 2.78. The quantitative estimate of drug-likeness (QED) is 0.389. The van der Waals surface area contributed by atoms with E-state index in [-0.39, 0.29) is 49.1 Å². The molecule has 7 heteroatoms. The molecule has 1 aromatic rings. The molecule has 0 saturated carbocycles. The van der Waals surface area contributed by atoms with Crippen molar-refractivity contribution in [3.8, 4) is 0 Å². The Hall–Kier alpha value is 0.0500. The van der Waals surface area contributed by atoms with Crippen molar-refractivity contribution in [2.75, 3.05) is 0 Å². The van der Waals surface area contributed by atoms with Crippen molar-refractivity contribution in [2.24, 2.45) is 0 Å². The average molecular weight is 242 g/mol. The van der Waals surface area contributed by atoms with Crippen molar-refractivity contribution < 1.29 is 54.2 Å². The fourth-order valence-electron chi connectivity index (χ4n) is 1.06. The molecule has 0 fully saturated rings. The summed E-state index contributed by atoms with van der Waals surface area (Å²) >= 11 is 0. The Labute approximate surface area is 111 Å². The zero-order valence-corrected chi connectivity index (χ0v) is 11.0. The first-order chi connectivity index (χ1) is 6.47. The van der Waals surface area contributed by atoms with E-state index in [1.54, 1.807) is 0 Å². The van der Waals surface area contributed by atoms with Crippen molar-refractivity contribution in [1.82, 2.24) is 0 Å². The smallest absolute Gasteiger partial charge is 1.00 e. The second-order valence-corrected chi connectivity index (χ2v) is 4.20. The number of rotatable bonds is 3. The SMILES string of the molecule is O=S(=O)(O)c1cc(CO)cc(CO)c1.[H-].[Na+]. The van der Waals surface area contributed by atoms with Crippen LogP contribution < -0.4 is 29.6 Å². The van der Waals surface area contributed by atoms with Gasteiger partial charge in [-0.2, -0.15) is 8.42 Å². The van der Waals surface area contributed by atoms with Crippen LogP contribution in [0.15, 0.2) is 23.1 Å². The van der Waals surface area contributed by atoms with Crippen LogP contribution in [-0.4, -0.2) is 23.2 Å². The van der Waals surface area contributed by atoms with Gasteiger partial charge in [0.05, 0.1) is 18.1 Å². The second kappa shape index (κ2) is 5.95. The molecule has 3 N–H and O–H groups in total. The molecule has 80 valence electrons. The molecule has 0 spiro atoms. The molecule has 0 aliphatic carbocycles. The first kappa shape index (κ1) is 15.0. The van der Waals surface area contributed by atoms with Gasteiger partial charge in [-0.15, -0.1) is 0 Å². The largest absolute Gasteiger partial charge is 1.00 e. The first-order valence-electron chi connectivity index (χ1n) is 3.79. The van der Waals surface area contributed by atoms with Crippen LogP contribution in [0.5, 0.6) is 0 Å². The van der Waals surface area contributed by atoms with Crippen molar-refractivity contribution in [3.05, 3.63) is 29.3 Å². The number of hydrogen-bond acceptors (Lipinski definition) is 4. The van der Waals surface area contributed by atoms with E-state index in [0.29, 0.717) is 11.1 Å². The Balaban J connectivity index is 0. The van der Waals surface area contributed by atoms with Crippen LogP contribution in [0, 0.1) is 0 Å². The van der Waals surface area contributed by atoms with E-state index in [4.69, 9.17) is 14.8 Å². The Morgan fingerprint density at radius 3 is 1.73 bits per heavy atom. The van der Waals surface area contributed by atoms with Crippen molar-refractivity contribution in [3.63, 3.8) is 0 Å². The molecule has 1 rings (SSSR count). The fraction of sp³-hybridized carbons (Fsp3) is 0.250. The van der Waals surface area contributed by atoms with Crippen LogP contribution in [-0.2, 0) is 23.3 Å². The van der Waals surface area contributed by atoms with Crippen molar-refractivity contribution >= 4 is 10.1 Å². The molecule has 15 heavy (non-hydrogen) atoms. The fourth-order valence-corrected chi connectivity index (χ4v) is 1.66. The monoisotopic (exact) mass is 242 g/mol. The zero-order chi connectivity index (χ0) is 10.8.